The number of fused-ring (bicyclic) bond motifs is 1. The van der Waals surface area contributed by atoms with Crippen molar-refractivity contribution in [2.24, 2.45) is 0 Å². The predicted molar refractivity (Wildman–Crippen MR) is 62.8 cm³/mol. The normalized spacial score (nSPS) is 12.6. The topological polar surface area (TPSA) is 30.7 Å². The Balaban J connectivity index is 2.56. The van der Waals surface area contributed by atoms with E-state index in [2.05, 4.69) is 9.97 Å². The van der Waals surface area contributed by atoms with Crippen LogP contribution in [0.1, 0.15) is 11.4 Å². The fraction of sp³-hybridized carbons (Fsp3) is 0.455. The minimum absolute atomic E-state index is 0.0961. The van der Waals surface area contributed by atoms with Crippen LogP contribution in [0.25, 0.3) is 11.2 Å². The number of aryl methyl sites for hydroxylation is 1. The summed E-state index contributed by atoms with van der Waals surface area (Å²) in [7, 11) is 0. The highest BCUT2D eigenvalue weighted by Crippen LogP contribution is 2.28. The quantitative estimate of drug-likeness (QED) is 0.639. The summed E-state index contributed by atoms with van der Waals surface area (Å²) in [5.41, 5.74) is 1.25. The van der Waals surface area contributed by atoms with Gasteiger partial charge in [-0.2, -0.15) is 8.78 Å². The molecule has 0 aliphatic rings. The highest BCUT2D eigenvalue weighted by Gasteiger charge is 2.42. The molecule has 2 aromatic heterocycles. The Morgan fingerprint density at radius 3 is 2.68 bits per heavy atom. The van der Waals surface area contributed by atoms with Crippen LogP contribution < -0.4 is 0 Å². The standard InChI is InChI=1S/C11H10ClF4N3/c1-6-2-3-17-9-8(6)18-7(4-12)19(9)5-11(15,16)10(13)14/h2-3,10H,4-5H2,1H3. The molecule has 3 nitrogen and oxygen atoms in total. The maximum Gasteiger partial charge on any atom is 0.324 e. The largest absolute Gasteiger partial charge is 0.324 e. The van der Waals surface area contributed by atoms with Crippen LogP contribution in [0.15, 0.2) is 12.3 Å². The van der Waals surface area contributed by atoms with Crippen molar-refractivity contribution < 1.29 is 17.6 Å². The van der Waals surface area contributed by atoms with Gasteiger partial charge in [0.25, 0.3) is 0 Å². The van der Waals surface area contributed by atoms with Gasteiger partial charge in [0.2, 0.25) is 0 Å². The summed E-state index contributed by atoms with van der Waals surface area (Å²) in [4.78, 5) is 7.98. The number of hydrogen-bond donors (Lipinski definition) is 0. The van der Waals surface area contributed by atoms with Gasteiger partial charge in [-0.25, -0.2) is 18.7 Å². The van der Waals surface area contributed by atoms with Crippen molar-refractivity contribution in [3.63, 3.8) is 0 Å². The Bertz CT molecular complexity index is 597. The monoisotopic (exact) mass is 295 g/mol. The molecule has 19 heavy (non-hydrogen) atoms. The molecule has 2 heterocycles. The first-order valence-corrected chi connectivity index (χ1v) is 5.93. The summed E-state index contributed by atoms with van der Waals surface area (Å²) in [6.07, 6.45) is -2.34. The molecule has 0 radical (unpaired) electrons. The molecular weight excluding hydrogens is 286 g/mol. The first kappa shape index (κ1) is 14.0. The number of pyridine rings is 1. The molecule has 104 valence electrons. The number of halogens is 5. The second kappa shape index (κ2) is 4.96. The van der Waals surface area contributed by atoms with Crippen LogP contribution in [-0.4, -0.2) is 26.9 Å². The van der Waals surface area contributed by atoms with Gasteiger partial charge in [0, 0.05) is 6.20 Å². The zero-order valence-electron chi connectivity index (χ0n) is 9.88. The first-order chi connectivity index (χ1) is 8.86. The molecule has 0 unspecified atom stereocenters. The van der Waals surface area contributed by atoms with Crippen molar-refractivity contribution in [2.75, 3.05) is 0 Å². The van der Waals surface area contributed by atoms with Crippen LogP contribution in [0, 0.1) is 6.92 Å². The van der Waals surface area contributed by atoms with Crippen LogP contribution in [0.5, 0.6) is 0 Å². The van der Waals surface area contributed by atoms with Gasteiger partial charge in [-0.3, -0.25) is 0 Å². The third-order valence-electron chi connectivity index (χ3n) is 2.72. The summed E-state index contributed by atoms with van der Waals surface area (Å²) < 4.78 is 51.9. The number of nitrogens with zero attached hydrogens (tertiary/aromatic N) is 3. The van der Waals surface area contributed by atoms with E-state index >= 15 is 0 Å². The number of rotatable bonds is 4. The molecule has 2 rings (SSSR count). The number of alkyl halides is 5. The van der Waals surface area contributed by atoms with E-state index in [4.69, 9.17) is 11.6 Å². The number of imidazole rings is 1. The Hall–Kier alpha value is -1.37. The van der Waals surface area contributed by atoms with Crippen LogP contribution >= 0.6 is 11.6 Å². The number of hydrogen-bond acceptors (Lipinski definition) is 2. The molecule has 8 heteroatoms. The van der Waals surface area contributed by atoms with E-state index in [1.165, 1.54) is 6.20 Å². The maximum absolute atomic E-state index is 13.2. The molecular formula is C11H10ClF4N3. The van der Waals surface area contributed by atoms with E-state index in [1.807, 2.05) is 0 Å². The molecule has 0 amide bonds. The van der Waals surface area contributed by atoms with Crippen LogP contribution in [-0.2, 0) is 12.4 Å². The molecule has 0 aliphatic carbocycles. The van der Waals surface area contributed by atoms with Gasteiger partial charge in [-0.1, -0.05) is 0 Å². The lowest BCUT2D eigenvalue weighted by atomic mass is 10.3. The maximum atomic E-state index is 13.2. The molecule has 2 aromatic rings. The van der Waals surface area contributed by atoms with Gasteiger partial charge in [-0.05, 0) is 18.6 Å². The molecule has 0 N–H and O–H groups in total. The van der Waals surface area contributed by atoms with E-state index in [1.54, 1.807) is 13.0 Å². The van der Waals surface area contributed by atoms with E-state index in [0.29, 0.717) is 5.52 Å². The van der Waals surface area contributed by atoms with Gasteiger partial charge < -0.3 is 4.57 Å². The van der Waals surface area contributed by atoms with E-state index in [-0.39, 0.29) is 17.4 Å². The second-order valence-electron chi connectivity index (χ2n) is 4.11. The summed E-state index contributed by atoms with van der Waals surface area (Å²) in [6, 6.07) is 1.66. The van der Waals surface area contributed by atoms with Gasteiger partial charge in [0.1, 0.15) is 11.3 Å². The lowest BCUT2D eigenvalue weighted by Gasteiger charge is -2.17. The molecule has 0 aromatic carbocycles. The lowest BCUT2D eigenvalue weighted by Crippen LogP contribution is -2.32. The molecule has 0 spiro atoms. The van der Waals surface area contributed by atoms with E-state index in [0.717, 1.165) is 10.1 Å². The fourth-order valence-corrected chi connectivity index (χ4v) is 1.94. The molecule has 0 fully saturated rings. The smallest absolute Gasteiger partial charge is 0.305 e. The minimum atomic E-state index is -4.15. The van der Waals surface area contributed by atoms with E-state index in [9.17, 15) is 17.6 Å². The molecule has 0 aliphatic heterocycles. The molecule has 0 saturated heterocycles. The first-order valence-electron chi connectivity index (χ1n) is 5.39. The van der Waals surface area contributed by atoms with Crippen molar-refractivity contribution in [2.45, 2.75) is 31.7 Å². The minimum Gasteiger partial charge on any atom is -0.305 e. The highest BCUT2D eigenvalue weighted by molar-refractivity contribution is 6.16. The van der Waals surface area contributed by atoms with Crippen LogP contribution in [0.3, 0.4) is 0 Å². The summed E-state index contributed by atoms with van der Waals surface area (Å²) in [6.45, 7) is 0.532. The second-order valence-corrected chi connectivity index (χ2v) is 4.38. The molecule has 0 saturated carbocycles. The average Bonchev–Trinajstić information content (AvgIpc) is 2.68. The predicted octanol–water partition coefficient (Wildman–Crippen LogP) is 3.38. The van der Waals surface area contributed by atoms with E-state index < -0.39 is 18.9 Å². The Kier molecular flexibility index (Phi) is 3.66. The van der Waals surface area contributed by atoms with Crippen molar-refractivity contribution in [1.82, 2.24) is 14.5 Å². The lowest BCUT2D eigenvalue weighted by molar-refractivity contribution is -0.137. The van der Waals surface area contributed by atoms with Crippen molar-refractivity contribution in [3.05, 3.63) is 23.7 Å². The zero-order valence-corrected chi connectivity index (χ0v) is 10.6. The van der Waals surface area contributed by atoms with Crippen molar-refractivity contribution in [1.29, 1.82) is 0 Å². The third-order valence-corrected chi connectivity index (χ3v) is 2.96. The Labute approximate surface area is 111 Å². The molecule has 0 atom stereocenters. The number of aromatic nitrogens is 3. The van der Waals surface area contributed by atoms with Gasteiger partial charge in [0.15, 0.2) is 5.65 Å². The summed E-state index contributed by atoms with van der Waals surface area (Å²) in [5, 5.41) is 0. The van der Waals surface area contributed by atoms with Crippen LogP contribution in [0.4, 0.5) is 17.6 Å². The van der Waals surface area contributed by atoms with Gasteiger partial charge >= 0.3 is 12.3 Å². The SMILES string of the molecule is Cc1ccnc2c1nc(CCl)n2CC(F)(F)C(F)F. The van der Waals surface area contributed by atoms with Crippen molar-refractivity contribution in [3.8, 4) is 0 Å². The average molecular weight is 296 g/mol. The van der Waals surface area contributed by atoms with Gasteiger partial charge in [0.05, 0.1) is 12.4 Å². The van der Waals surface area contributed by atoms with Gasteiger partial charge in [-0.15, -0.1) is 11.6 Å². The Morgan fingerprint density at radius 2 is 2.11 bits per heavy atom. The Morgan fingerprint density at radius 1 is 1.42 bits per heavy atom. The van der Waals surface area contributed by atoms with Crippen LogP contribution in [0.2, 0.25) is 0 Å². The fourth-order valence-electron chi connectivity index (χ4n) is 1.73. The third kappa shape index (κ3) is 2.51. The summed E-state index contributed by atoms with van der Waals surface area (Å²) >= 11 is 5.62. The zero-order chi connectivity index (χ0) is 14.2. The summed E-state index contributed by atoms with van der Waals surface area (Å²) in [5.74, 6) is -4.21. The molecule has 0 bridgehead atoms. The highest BCUT2D eigenvalue weighted by atomic mass is 35.5. The van der Waals surface area contributed by atoms with Crippen molar-refractivity contribution >= 4 is 22.8 Å².